The number of ether oxygens (including phenoxy) is 1. The van der Waals surface area contributed by atoms with Gasteiger partial charge in [-0.3, -0.25) is 4.79 Å². The van der Waals surface area contributed by atoms with Gasteiger partial charge in [-0.05, 0) is 0 Å². The van der Waals surface area contributed by atoms with E-state index in [9.17, 15) is 22.8 Å². The Labute approximate surface area is 127 Å². The van der Waals surface area contributed by atoms with Crippen LogP contribution < -0.4 is 14.9 Å². The van der Waals surface area contributed by atoms with E-state index in [-0.39, 0.29) is 18.6 Å². The number of hydrogen-bond donors (Lipinski definition) is 0. The fourth-order valence-electron chi connectivity index (χ4n) is 2.29. The molecule has 2 aromatic rings. The van der Waals surface area contributed by atoms with Gasteiger partial charge in [0.2, 0.25) is 5.56 Å². The lowest BCUT2D eigenvalue weighted by Gasteiger charge is -2.11. The largest absolute Gasteiger partial charge is 0.465 e. The van der Waals surface area contributed by atoms with Crippen LogP contribution in [0.2, 0.25) is 0 Å². The number of methoxy groups -OCH3 is 1. The zero-order valence-corrected chi connectivity index (χ0v) is 12.2. The molecule has 0 aliphatic heterocycles. The number of alkyl halides is 3. The highest BCUT2D eigenvalue weighted by molar-refractivity contribution is 6.01. The molecule has 0 spiro atoms. The van der Waals surface area contributed by atoms with Crippen LogP contribution in [0.15, 0.2) is 17.1 Å². The van der Waals surface area contributed by atoms with Gasteiger partial charge in [-0.1, -0.05) is 4.52 Å². The quantitative estimate of drug-likeness (QED) is 0.607. The maximum absolute atomic E-state index is 12.8. The van der Waals surface area contributed by atoms with Crippen molar-refractivity contribution < 1.29 is 27.3 Å². The molecule has 0 aromatic carbocycles. The molecule has 0 fully saturated rings. The van der Waals surface area contributed by atoms with E-state index in [2.05, 4.69) is 0 Å². The number of aromatic nitrogens is 3. The predicted molar refractivity (Wildman–Crippen MR) is 70.0 cm³/mol. The van der Waals surface area contributed by atoms with E-state index >= 15 is 0 Å². The number of ketones is 1. The molecule has 2 rings (SSSR count). The molecule has 0 bridgehead atoms. The smallest absolute Gasteiger partial charge is 0.455 e. The van der Waals surface area contributed by atoms with Crippen LogP contribution in [0, 0.1) is 11.3 Å². The van der Waals surface area contributed by atoms with E-state index in [1.54, 1.807) is 0 Å². The summed E-state index contributed by atoms with van der Waals surface area (Å²) in [5.41, 5.74) is -2.04. The second kappa shape index (κ2) is 5.75. The minimum atomic E-state index is -5.22. The Hall–Kier alpha value is -2.83. The second-order valence-corrected chi connectivity index (χ2v) is 4.64. The molecule has 0 saturated carbocycles. The van der Waals surface area contributed by atoms with E-state index < -0.39 is 29.0 Å². The van der Waals surface area contributed by atoms with Crippen LogP contribution in [0.3, 0.4) is 0 Å². The number of carbonyl (C=O) groups excluding carboxylic acids is 1. The first-order chi connectivity index (χ1) is 10.7. The minimum Gasteiger partial charge on any atom is -0.465 e. The summed E-state index contributed by atoms with van der Waals surface area (Å²) in [7, 11) is 2.50. The normalized spacial score (nSPS) is 11.5. The molecule has 2 aromatic heterocycles. The van der Waals surface area contributed by atoms with Crippen LogP contribution in [0.25, 0.3) is 5.65 Å². The van der Waals surface area contributed by atoms with E-state index in [0.29, 0.717) is 0 Å². The molecule has 0 atom stereocenters. The average Bonchev–Trinajstić information content (AvgIpc) is 2.86. The molecule has 7 nitrogen and oxygen atoms in total. The van der Waals surface area contributed by atoms with E-state index in [1.165, 1.54) is 28.6 Å². The van der Waals surface area contributed by atoms with Crippen LogP contribution in [0.4, 0.5) is 13.2 Å². The first kappa shape index (κ1) is 16.5. The highest BCUT2D eigenvalue weighted by Gasteiger charge is 2.46. The lowest BCUT2D eigenvalue weighted by Crippen LogP contribution is -2.46. The Kier molecular flexibility index (Phi) is 4.14. The lowest BCUT2D eigenvalue weighted by molar-refractivity contribution is -0.679. The van der Waals surface area contributed by atoms with Crippen molar-refractivity contribution in [2.24, 2.45) is 7.05 Å². The van der Waals surface area contributed by atoms with Crippen molar-refractivity contribution in [2.75, 3.05) is 7.11 Å². The number of halogens is 3. The first-order valence-corrected chi connectivity index (χ1v) is 6.40. The highest BCUT2D eigenvalue weighted by atomic mass is 19.4. The third-order valence-corrected chi connectivity index (χ3v) is 3.24. The minimum absolute atomic E-state index is 0.0361. The summed E-state index contributed by atoms with van der Waals surface area (Å²) in [5.74, 6) is -2.81. The van der Waals surface area contributed by atoms with E-state index in [1.807, 2.05) is 6.07 Å². The van der Waals surface area contributed by atoms with Gasteiger partial charge in [0.25, 0.3) is 5.78 Å². The van der Waals surface area contributed by atoms with Crippen LogP contribution in [-0.4, -0.2) is 28.3 Å². The summed E-state index contributed by atoms with van der Waals surface area (Å²) < 4.78 is 46.7. The van der Waals surface area contributed by atoms with Gasteiger partial charge in [-0.25, -0.2) is 9.48 Å². The molecule has 0 saturated heterocycles. The Balaban J connectivity index is 2.93. The predicted octanol–water partition coefficient (Wildman–Crippen LogP) is 0.593. The Morgan fingerprint density at radius 2 is 2.13 bits per heavy atom. The molecule has 0 radical (unpaired) electrons. The molecule has 0 aliphatic carbocycles. The standard InChI is InChI=1S/C13H12F3N4O3/c1-18-7-4-8-19(6-3-5-17)12(23-2)9(11(22)20(8)18)10(21)13(14,15)16/h4,7H,3,6H2,1-2H3/q+1. The van der Waals surface area contributed by atoms with Crippen molar-refractivity contribution in [1.29, 1.82) is 5.26 Å². The molecule has 122 valence electrons. The summed E-state index contributed by atoms with van der Waals surface area (Å²) in [5, 5.41) is 8.71. The van der Waals surface area contributed by atoms with Crippen LogP contribution in [0.5, 0.6) is 5.88 Å². The molecule has 0 N–H and O–H groups in total. The van der Waals surface area contributed by atoms with Crippen molar-refractivity contribution in [2.45, 2.75) is 19.1 Å². The van der Waals surface area contributed by atoms with Crippen molar-refractivity contribution in [3.8, 4) is 11.9 Å². The number of nitriles is 1. The summed E-state index contributed by atoms with van der Waals surface area (Å²) in [6.45, 7) is -0.0361. The van der Waals surface area contributed by atoms with Gasteiger partial charge in [0.15, 0.2) is 0 Å². The SMILES string of the molecule is COc1c(C(=O)C(F)(F)F)c(=O)n2c(ccn2C)[n+]1CCC#N. The number of hydrogen-bond acceptors (Lipinski definition) is 4. The zero-order valence-electron chi connectivity index (χ0n) is 12.2. The van der Waals surface area contributed by atoms with Gasteiger partial charge in [0.05, 0.1) is 31.9 Å². The third kappa shape index (κ3) is 2.65. The summed E-state index contributed by atoms with van der Waals surface area (Å²) in [4.78, 5) is 24.0. The van der Waals surface area contributed by atoms with Crippen molar-refractivity contribution in [1.82, 2.24) is 9.20 Å². The molecule has 23 heavy (non-hydrogen) atoms. The number of nitrogens with zero attached hydrogens (tertiary/aromatic N) is 4. The van der Waals surface area contributed by atoms with Crippen molar-refractivity contribution in [3.05, 3.63) is 28.2 Å². The lowest BCUT2D eigenvalue weighted by atomic mass is 10.2. The fraction of sp³-hybridized carbons (Fsp3) is 0.385. The van der Waals surface area contributed by atoms with Gasteiger partial charge in [0, 0.05) is 7.05 Å². The first-order valence-electron chi connectivity index (χ1n) is 6.40. The zero-order chi connectivity index (χ0) is 17.4. The van der Waals surface area contributed by atoms with Gasteiger partial charge in [-0.15, -0.1) is 0 Å². The molecule has 0 unspecified atom stereocenters. The molecular formula is C13H12F3N4O3+. The monoisotopic (exact) mass is 329 g/mol. The van der Waals surface area contributed by atoms with Crippen molar-refractivity contribution >= 4 is 11.4 Å². The Morgan fingerprint density at radius 1 is 1.48 bits per heavy atom. The van der Waals surface area contributed by atoms with Gasteiger partial charge in [-0.2, -0.15) is 23.0 Å². The molecule has 0 aliphatic rings. The number of rotatable bonds is 4. The molecule has 2 heterocycles. The number of Topliss-reactive ketones (excluding diaryl/α,β-unsaturated/α-hetero) is 1. The Morgan fingerprint density at radius 3 is 2.65 bits per heavy atom. The van der Waals surface area contributed by atoms with Crippen molar-refractivity contribution in [3.63, 3.8) is 0 Å². The second-order valence-electron chi connectivity index (χ2n) is 4.64. The maximum atomic E-state index is 12.8. The van der Waals surface area contributed by atoms with Crippen LogP contribution >= 0.6 is 0 Å². The van der Waals surface area contributed by atoms with Gasteiger partial charge >= 0.3 is 23.3 Å². The van der Waals surface area contributed by atoms with Gasteiger partial charge in [0.1, 0.15) is 6.54 Å². The van der Waals surface area contributed by atoms with Crippen LogP contribution in [-0.2, 0) is 13.6 Å². The molecule has 10 heteroatoms. The number of aryl methyl sites for hydroxylation is 2. The number of fused-ring (bicyclic) bond motifs is 1. The maximum Gasteiger partial charge on any atom is 0.455 e. The number of carbonyl (C=O) groups is 1. The molecular weight excluding hydrogens is 317 g/mol. The topological polar surface area (TPSA) is 80.4 Å². The van der Waals surface area contributed by atoms with E-state index in [0.717, 1.165) is 11.6 Å². The average molecular weight is 329 g/mol. The van der Waals surface area contributed by atoms with Crippen LogP contribution in [0.1, 0.15) is 16.8 Å². The summed E-state index contributed by atoms with van der Waals surface area (Å²) in [6, 6.07) is 3.33. The highest BCUT2D eigenvalue weighted by Crippen LogP contribution is 2.24. The summed E-state index contributed by atoms with van der Waals surface area (Å²) in [6.07, 6.45) is -3.82. The summed E-state index contributed by atoms with van der Waals surface area (Å²) >= 11 is 0. The molecule has 0 amide bonds. The third-order valence-electron chi connectivity index (χ3n) is 3.24. The van der Waals surface area contributed by atoms with E-state index in [4.69, 9.17) is 10.00 Å². The Bertz CT molecular complexity index is 874. The fourth-order valence-corrected chi connectivity index (χ4v) is 2.29. The van der Waals surface area contributed by atoms with Gasteiger partial charge < -0.3 is 4.74 Å².